The Kier molecular flexibility index (Phi) is 997. The van der Waals surface area contributed by atoms with Gasteiger partial charge in [-0.05, 0) is 6.92 Å². The molecule has 0 aromatic heterocycles. The van der Waals surface area contributed by atoms with Crippen molar-refractivity contribution in [1.82, 2.24) is 0 Å². The predicted molar refractivity (Wildman–Crippen MR) is 58.3 cm³/mol. The first-order chi connectivity index (χ1) is 6.83. The third-order valence-electron chi connectivity index (χ3n) is 0. The van der Waals surface area contributed by atoms with Gasteiger partial charge in [0.2, 0.25) is 0 Å². The van der Waals surface area contributed by atoms with Crippen LogP contribution < -0.4 is 0 Å². The first-order valence-corrected chi connectivity index (χ1v) is 6.84. The van der Waals surface area contributed by atoms with Crippen LogP contribution in [0.5, 0.6) is 0 Å². The molecule has 0 aliphatic heterocycles. The van der Waals surface area contributed by atoms with Crippen LogP contribution in [0.4, 0.5) is 0 Å². The fourth-order valence-corrected chi connectivity index (χ4v) is 0. The minimum atomic E-state index is -2.33. The summed E-state index contributed by atoms with van der Waals surface area (Å²) in [5.74, 6) is 0. The molecule has 0 aromatic carbocycles. The van der Waals surface area contributed by atoms with Gasteiger partial charge in [-0.15, -0.1) is 0 Å². The second-order valence-electron chi connectivity index (χ2n) is 0.391. The first-order valence-electron chi connectivity index (χ1n) is 4.22. The molecule has 0 amide bonds. The van der Waals surface area contributed by atoms with Crippen molar-refractivity contribution in [3.05, 3.63) is 27.7 Å². The Morgan fingerprint density at radius 1 is 0.857 bits per heavy atom. The fraction of sp³-hybridized carbons (Fsp3) is 0.600. The molecule has 93 valence electrons. The average Bonchev–Trinajstić information content (AvgIpc) is 2.31. The van der Waals surface area contributed by atoms with Crippen molar-refractivity contribution in [1.29, 1.82) is 0 Å². The average molecular weight is 375 g/mol. The number of aliphatic hydroxyl groups excluding tert-OH is 1. The molecule has 14 heavy (non-hydrogen) atoms. The number of hydrogen-bond donors (Lipinski definition) is 1. The van der Waals surface area contributed by atoms with Crippen LogP contribution in [-0.4, -0.2) is 11.7 Å². The molecule has 0 unspecified atom stereocenters. The summed E-state index contributed by atoms with van der Waals surface area (Å²) in [5.41, 5.74) is 0. The van der Waals surface area contributed by atoms with Crippen molar-refractivity contribution in [3.8, 4) is 0 Å². The Balaban J connectivity index is -0.0000000139. The summed E-state index contributed by atoms with van der Waals surface area (Å²) in [6.45, 7) is 21.9. The van der Waals surface area contributed by atoms with E-state index in [1.807, 2.05) is 0 Å². The van der Waals surface area contributed by atoms with E-state index in [-0.39, 0.29) is 6.61 Å². The second kappa shape index (κ2) is 380. The van der Waals surface area contributed by atoms with E-state index in [0.717, 1.165) is 0 Å². The molecule has 0 aromatic rings. The zero-order valence-corrected chi connectivity index (χ0v) is 13.5. The van der Waals surface area contributed by atoms with E-state index in [4.69, 9.17) is 11.6 Å². The first kappa shape index (κ1) is 36.7. The maximum absolute atomic E-state index is 8.56. The van der Waals surface area contributed by atoms with E-state index in [9.17, 15) is 0 Å². The van der Waals surface area contributed by atoms with Crippen LogP contribution in [0.2, 0.25) is 0 Å². The molecule has 0 atom stereocenters. The molecule has 0 spiro atoms. The Hall–Kier alpha value is 0.300. The Morgan fingerprint density at radius 2 is 0.857 bits per heavy atom. The molecule has 3 nitrogen and oxygen atoms in total. The molecule has 0 aliphatic rings. The van der Waals surface area contributed by atoms with E-state index >= 15 is 0 Å². The van der Waals surface area contributed by atoms with Gasteiger partial charge in [-0.25, -0.2) is 0 Å². The zero-order valence-electron chi connectivity index (χ0n) is 10.2. The van der Waals surface area contributed by atoms with Crippen molar-refractivity contribution in [2.75, 3.05) is 6.61 Å². The van der Waals surface area contributed by atoms with E-state index < -0.39 is 19.7 Å². The topological polar surface area (TPSA) is 54.4 Å². The van der Waals surface area contributed by atoms with E-state index in [1.54, 1.807) is 34.6 Å². The third-order valence-corrected chi connectivity index (χ3v) is 0. The summed E-state index contributed by atoms with van der Waals surface area (Å²) in [5, 5.41) is 7.57. The number of aliphatic hydroxyl groups is 1. The Morgan fingerprint density at radius 3 is 0.857 bits per heavy atom. The Bertz CT molecular complexity index is 44.6. The van der Waals surface area contributed by atoms with Gasteiger partial charge < -0.3 is 32.8 Å². The van der Waals surface area contributed by atoms with Crippen LogP contribution in [-0.2, 0) is 26.2 Å². The van der Waals surface area contributed by atoms with E-state index in [2.05, 4.69) is 27.7 Å². The molecule has 1 N–H and O–H groups in total. The van der Waals surface area contributed by atoms with Crippen LogP contribution >= 0.6 is 0 Å². The van der Waals surface area contributed by atoms with Gasteiger partial charge >= 0.3 is 26.2 Å². The van der Waals surface area contributed by atoms with Crippen LogP contribution in [0.3, 0.4) is 0 Å². The number of rotatable bonds is 0. The summed E-state index contributed by atoms with van der Waals surface area (Å²) in [7, 11) is 0. The van der Waals surface area contributed by atoms with Gasteiger partial charge in [0.1, 0.15) is 0 Å². The molecule has 0 bridgehead atoms. The SMILES string of the molecule is CCO.[CH2-]C.[CH2-]C.[CH2-]C.[CH2-]C.[O]=[Ta]=[O]. The van der Waals surface area contributed by atoms with Crippen LogP contribution in [0.15, 0.2) is 0 Å². The van der Waals surface area contributed by atoms with Crippen molar-refractivity contribution in [3.63, 3.8) is 0 Å². The summed E-state index contributed by atoms with van der Waals surface area (Å²) >= 11 is -2.33. The molecule has 0 aliphatic carbocycles. The molecular weight excluding hydrogens is 349 g/mol. The second-order valence-corrected chi connectivity index (χ2v) is 0.926. The van der Waals surface area contributed by atoms with Crippen LogP contribution in [0.1, 0.15) is 34.6 Å². The van der Waals surface area contributed by atoms with Crippen molar-refractivity contribution in [2.24, 2.45) is 0 Å². The van der Waals surface area contributed by atoms with Gasteiger partial charge in [-0.1, -0.05) is 0 Å². The minimum absolute atomic E-state index is 0.250. The number of hydrogen-bond acceptors (Lipinski definition) is 3. The van der Waals surface area contributed by atoms with Gasteiger partial charge in [0, 0.05) is 6.61 Å². The van der Waals surface area contributed by atoms with E-state index in [0.29, 0.717) is 0 Å². The monoisotopic (exact) mass is 375 g/mol. The van der Waals surface area contributed by atoms with Gasteiger partial charge in [0.15, 0.2) is 0 Å². The van der Waals surface area contributed by atoms with Crippen molar-refractivity contribution < 1.29 is 31.3 Å². The molecule has 0 heterocycles. The van der Waals surface area contributed by atoms with Crippen LogP contribution in [0, 0.1) is 27.7 Å². The van der Waals surface area contributed by atoms with Gasteiger partial charge in [-0.3, -0.25) is 0 Å². The summed E-state index contributed by atoms with van der Waals surface area (Å²) in [4.78, 5) is 0. The van der Waals surface area contributed by atoms with Gasteiger partial charge in [0.25, 0.3) is 0 Å². The quantitative estimate of drug-likeness (QED) is 0.662. The molecule has 0 saturated carbocycles. The van der Waals surface area contributed by atoms with Crippen molar-refractivity contribution in [2.45, 2.75) is 34.6 Å². The standard InChI is InChI=1S/C2H6O.4C2H5.2O.Ta/c1-2-3;4*1-2;;;/h3H,2H2,1H3;4*1H2,2H3;;;/q;4*-1;;;. The molecule has 4 heteroatoms. The third kappa shape index (κ3) is 17400. The van der Waals surface area contributed by atoms with E-state index in [1.165, 1.54) is 0 Å². The normalized spacial score (nSPS) is 3.57. The zero-order chi connectivity index (χ0) is 13.4. The fourth-order valence-electron chi connectivity index (χ4n) is 0. The Labute approximate surface area is 100 Å². The van der Waals surface area contributed by atoms with Crippen molar-refractivity contribution >= 4 is 0 Å². The molecular formula is C10H26O3Ta-4. The van der Waals surface area contributed by atoms with Crippen LogP contribution in [0.25, 0.3) is 0 Å². The molecule has 0 radical (unpaired) electrons. The molecule has 0 fully saturated rings. The van der Waals surface area contributed by atoms with Gasteiger partial charge in [0.05, 0.1) is 0 Å². The maximum atomic E-state index is 8.56. The summed E-state index contributed by atoms with van der Waals surface area (Å²) < 4.78 is 17.1. The molecule has 0 rings (SSSR count). The summed E-state index contributed by atoms with van der Waals surface area (Å²) in [6, 6.07) is 0. The predicted octanol–water partition coefficient (Wildman–Crippen LogP) is 3.12. The van der Waals surface area contributed by atoms with Gasteiger partial charge in [-0.2, -0.15) is 27.7 Å². The summed E-state index contributed by atoms with van der Waals surface area (Å²) in [6.07, 6.45) is 0. The molecule has 0 saturated heterocycles.